The number of β-amino-alcohol motifs (C(OH)–C–C–N with tert-alkyl or cyclic N) is 1. The standard InChI is InChI=1S/C22H31N7O3S/c1-27(21-19-7-10-23-20(19)24-16-25-21)18-5-3-17(4-6-18)13-33(31,32)29-12-8-22(30,15-29)14-28-11-2-9-26-28/h2,7,9-11,16-18,30H,3-6,8,12-15H2,1H3,(H,23,24,25)/t17-,18-,22?. The number of hydrogen-bond donors (Lipinski definition) is 2. The van der Waals surface area contributed by atoms with Crippen molar-refractivity contribution >= 4 is 26.9 Å². The third-order valence-electron chi connectivity index (χ3n) is 7.18. The molecule has 0 spiro atoms. The molecule has 1 unspecified atom stereocenters. The lowest BCUT2D eigenvalue weighted by atomic mass is 9.86. The van der Waals surface area contributed by atoms with Gasteiger partial charge in [0.05, 0.1) is 23.3 Å². The number of sulfonamides is 1. The summed E-state index contributed by atoms with van der Waals surface area (Å²) >= 11 is 0. The van der Waals surface area contributed by atoms with E-state index in [4.69, 9.17) is 0 Å². The van der Waals surface area contributed by atoms with E-state index in [1.165, 1.54) is 4.31 Å². The van der Waals surface area contributed by atoms with Crippen LogP contribution in [0.15, 0.2) is 37.1 Å². The summed E-state index contributed by atoms with van der Waals surface area (Å²) < 4.78 is 29.3. The normalized spacial score (nSPS) is 26.7. The number of fused-ring (bicyclic) bond motifs is 1. The van der Waals surface area contributed by atoms with Gasteiger partial charge >= 0.3 is 0 Å². The molecule has 178 valence electrons. The molecule has 2 N–H and O–H groups in total. The van der Waals surface area contributed by atoms with Crippen molar-refractivity contribution in [2.24, 2.45) is 5.92 Å². The van der Waals surface area contributed by atoms with Crippen molar-refractivity contribution in [3.63, 3.8) is 0 Å². The number of hydrogen-bond acceptors (Lipinski definition) is 7. The molecule has 0 aromatic carbocycles. The topological polar surface area (TPSA) is 120 Å². The number of aromatic nitrogens is 5. The molecule has 1 aliphatic carbocycles. The number of nitrogens with zero attached hydrogens (tertiary/aromatic N) is 6. The Morgan fingerprint density at radius 3 is 2.85 bits per heavy atom. The van der Waals surface area contributed by atoms with Crippen LogP contribution in [-0.2, 0) is 16.6 Å². The van der Waals surface area contributed by atoms with Gasteiger partial charge in [0.25, 0.3) is 0 Å². The second kappa shape index (κ2) is 8.69. The summed E-state index contributed by atoms with van der Waals surface area (Å²) in [7, 11) is -1.36. The van der Waals surface area contributed by atoms with E-state index in [1.807, 2.05) is 12.3 Å². The van der Waals surface area contributed by atoms with Gasteiger partial charge in [0.1, 0.15) is 17.8 Å². The summed E-state index contributed by atoms with van der Waals surface area (Å²) in [6.07, 6.45) is 10.9. The number of nitrogens with one attached hydrogen (secondary N) is 1. The Morgan fingerprint density at radius 1 is 1.27 bits per heavy atom. The highest BCUT2D eigenvalue weighted by Gasteiger charge is 2.42. The molecule has 10 nitrogen and oxygen atoms in total. The maximum atomic E-state index is 13.1. The van der Waals surface area contributed by atoms with Crippen LogP contribution < -0.4 is 4.90 Å². The summed E-state index contributed by atoms with van der Waals surface area (Å²) in [4.78, 5) is 14.1. The fourth-order valence-corrected chi connectivity index (χ4v) is 7.24. The summed E-state index contributed by atoms with van der Waals surface area (Å²) in [5, 5.41) is 16.0. The summed E-state index contributed by atoms with van der Waals surface area (Å²) in [6.45, 7) is 0.799. The molecule has 0 amide bonds. The van der Waals surface area contributed by atoms with Gasteiger partial charge in [-0.05, 0) is 50.2 Å². The molecule has 3 aromatic heterocycles. The predicted octanol–water partition coefficient (Wildman–Crippen LogP) is 1.62. The van der Waals surface area contributed by atoms with E-state index in [0.717, 1.165) is 42.5 Å². The van der Waals surface area contributed by atoms with Gasteiger partial charge in [0.15, 0.2) is 0 Å². The van der Waals surface area contributed by atoms with Gasteiger partial charge in [-0.2, -0.15) is 9.40 Å². The number of aromatic amines is 1. The Balaban J connectivity index is 1.17. The Hall–Kier alpha value is -2.50. The van der Waals surface area contributed by atoms with E-state index in [1.54, 1.807) is 29.5 Å². The van der Waals surface area contributed by atoms with E-state index in [-0.39, 0.29) is 18.2 Å². The van der Waals surface area contributed by atoms with Crippen LogP contribution in [0.25, 0.3) is 11.0 Å². The van der Waals surface area contributed by atoms with E-state index in [0.29, 0.717) is 25.6 Å². The monoisotopic (exact) mass is 473 g/mol. The molecule has 2 fully saturated rings. The van der Waals surface area contributed by atoms with Gasteiger partial charge in [-0.15, -0.1) is 0 Å². The quantitative estimate of drug-likeness (QED) is 0.535. The lowest BCUT2D eigenvalue weighted by molar-refractivity contribution is 0.0346. The van der Waals surface area contributed by atoms with Crippen LogP contribution in [0.2, 0.25) is 0 Å². The molecule has 3 aromatic rings. The Kier molecular flexibility index (Phi) is 5.87. The highest BCUT2D eigenvalue weighted by Crippen LogP contribution is 2.33. The molecule has 1 aliphatic heterocycles. The maximum absolute atomic E-state index is 13.1. The van der Waals surface area contributed by atoms with Crippen molar-refractivity contribution in [2.45, 2.75) is 50.3 Å². The summed E-state index contributed by atoms with van der Waals surface area (Å²) in [5.74, 6) is 1.19. The van der Waals surface area contributed by atoms with E-state index >= 15 is 0 Å². The van der Waals surface area contributed by atoms with Crippen LogP contribution in [0.5, 0.6) is 0 Å². The molecule has 1 saturated carbocycles. The van der Waals surface area contributed by atoms with Crippen molar-refractivity contribution in [3.8, 4) is 0 Å². The van der Waals surface area contributed by atoms with Crippen molar-refractivity contribution in [1.29, 1.82) is 0 Å². The number of H-pyrrole nitrogens is 1. The minimum absolute atomic E-state index is 0.133. The Labute approximate surface area is 193 Å². The largest absolute Gasteiger partial charge is 0.387 e. The van der Waals surface area contributed by atoms with Gasteiger partial charge in [0.2, 0.25) is 10.0 Å². The molecule has 2 aliphatic rings. The summed E-state index contributed by atoms with van der Waals surface area (Å²) in [6, 6.07) is 4.11. The van der Waals surface area contributed by atoms with Crippen LogP contribution in [-0.4, -0.2) is 80.1 Å². The molecule has 0 bridgehead atoms. The molecule has 33 heavy (non-hydrogen) atoms. The zero-order chi connectivity index (χ0) is 23.1. The third kappa shape index (κ3) is 4.62. The highest BCUT2D eigenvalue weighted by atomic mass is 32.2. The molecular formula is C22H31N7O3S. The van der Waals surface area contributed by atoms with Gasteiger partial charge in [-0.3, -0.25) is 4.68 Å². The lowest BCUT2D eigenvalue weighted by Crippen LogP contribution is -2.42. The van der Waals surface area contributed by atoms with Gasteiger partial charge in [-0.1, -0.05) is 0 Å². The third-order valence-corrected chi connectivity index (χ3v) is 9.17. The van der Waals surface area contributed by atoms with Crippen LogP contribution in [0.4, 0.5) is 5.82 Å². The molecule has 1 atom stereocenters. The Bertz CT molecular complexity index is 1190. The molecule has 0 radical (unpaired) electrons. The van der Waals surface area contributed by atoms with Gasteiger partial charge in [-0.25, -0.2) is 18.4 Å². The molecule has 5 rings (SSSR count). The van der Waals surface area contributed by atoms with Crippen molar-refractivity contribution in [3.05, 3.63) is 37.1 Å². The minimum atomic E-state index is -3.42. The van der Waals surface area contributed by atoms with Crippen molar-refractivity contribution < 1.29 is 13.5 Å². The molecular weight excluding hydrogens is 442 g/mol. The lowest BCUT2D eigenvalue weighted by Gasteiger charge is -2.35. The first-order valence-corrected chi connectivity index (χ1v) is 13.1. The van der Waals surface area contributed by atoms with E-state index in [9.17, 15) is 13.5 Å². The highest BCUT2D eigenvalue weighted by molar-refractivity contribution is 7.89. The Morgan fingerprint density at radius 2 is 2.09 bits per heavy atom. The average Bonchev–Trinajstić information content (AvgIpc) is 3.55. The van der Waals surface area contributed by atoms with Crippen LogP contribution in [0.1, 0.15) is 32.1 Å². The molecule has 4 heterocycles. The van der Waals surface area contributed by atoms with Gasteiger partial charge < -0.3 is 15.0 Å². The second-order valence-corrected chi connectivity index (χ2v) is 11.5. The zero-order valence-electron chi connectivity index (χ0n) is 18.8. The van der Waals surface area contributed by atoms with Crippen molar-refractivity contribution in [1.82, 2.24) is 29.0 Å². The van der Waals surface area contributed by atoms with Crippen LogP contribution in [0.3, 0.4) is 0 Å². The first-order chi connectivity index (χ1) is 15.8. The maximum Gasteiger partial charge on any atom is 0.214 e. The number of rotatable bonds is 7. The smallest absolute Gasteiger partial charge is 0.214 e. The molecule has 11 heteroatoms. The van der Waals surface area contributed by atoms with Crippen LogP contribution in [0, 0.1) is 5.92 Å². The molecule has 1 saturated heterocycles. The van der Waals surface area contributed by atoms with Crippen LogP contribution >= 0.6 is 0 Å². The number of aliphatic hydroxyl groups is 1. The van der Waals surface area contributed by atoms with Crippen molar-refractivity contribution in [2.75, 3.05) is 30.8 Å². The first-order valence-electron chi connectivity index (χ1n) is 11.5. The van der Waals surface area contributed by atoms with Gasteiger partial charge in [0, 0.05) is 44.8 Å². The van der Waals surface area contributed by atoms with E-state index in [2.05, 4.69) is 32.0 Å². The number of anilines is 1. The summed E-state index contributed by atoms with van der Waals surface area (Å²) in [5.41, 5.74) is -0.245. The first kappa shape index (κ1) is 22.3. The minimum Gasteiger partial charge on any atom is -0.387 e. The fourth-order valence-electron chi connectivity index (χ4n) is 5.30. The SMILES string of the molecule is CN(c1ncnc2[nH]ccc12)[C@H]1CC[C@H](CS(=O)(=O)N2CCC(O)(Cn3cccn3)C2)CC1. The average molecular weight is 474 g/mol. The van der Waals surface area contributed by atoms with E-state index < -0.39 is 15.6 Å². The zero-order valence-corrected chi connectivity index (χ0v) is 19.7. The predicted molar refractivity (Wildman–Crippen MR) is 125 cm³/mol. The second-order valence-electron chi connectivity index (χ2n) is 9.51. The fraction of sp³-hybridized carbons (Fsp3) is 0.591.